The zero-order valence-corrected chi connectivity index (χ0v) is 10.1. The number of hydrogen-bond donors (Lipinski definition) is 0. The Morgan fingerprint density at radius 1 is 1.50 bits per heavy atom. The second-order valence-corrected chi connectivity index (χ2v) is 5.27. The summed E-state index contributed by atoms with van der Waals surface area (Å²) in [6.45, 7) is 0. The van der Waals surface area contributed by atoms with Crippen molar-refractivity contribution in [1.29, 1.82) is 0 Å². The van der Waals surface area contributed by atoms with E-state index in [1.807, 2.05) is 13.2 Å². The zero-order chi connectivity index (χ0) is 9.97. The molecule has 0 amide bonds. The summed E-state index contributed by atoms with van der Waals surface area (Å²) < 4.78 is 0. The van der Waals surface area contributed by atoms with Gasteiger partial charge in [0.25, 0.3) is 0 Å². The van der Waals surface area contributed by atoms with Gasteiger partial charge in [0.2, 0.25) is 0 Å². The second-order valence-electron chi connectivity index (χ2n) is 4.09. The van der Waals surface area contributed by atoms with E-state index in [0.29, 0.717) is 4.83 Å². The average Bonchev–Trinajstić information content (AvgIpc) is 2.56. The van der Waals surface area contributed by atoms with Crippen LogP contribution >= 0.6 is 15.9 Å². The standard InChI is InChI=1S/C10H16BrN3/c1-14-12-7-9(13-14)6-8-4-2-3-5-10(8)11/h7-8,10H,2-6H2,1H3. The SMILES string of the molecule is Cn1ncc(CC2CCCCC2Br)n1. The van der Waals surface area contributed by atoms with Gasteiger partial charge in [-0.2, -0.15) is 15.0 Å². The van der Waals surface area contributed by atoms with Gasteiger partial charge in [0.05, 0.1) is 11.9 Å². The van der Waals surface area contributed by atoms with Gasteiger partial charge in [-0.1, -0.05) is 28.8 Å². The maximum atomic E-state index is 4.32. The molecule has 3 nitrogen and oxygen atoms in total. The molecule has 2 atom stereocenters. The molecule has 4 heteroatoms. The van der Waals surface area contributed by atoms with Crippen molar-refractivity contribution in [3.63, 3.8) is 0 Å². The molecular formula is C10H16BrN3. The van der Waals surface area contributed by atoms with Crippen LogP contribution in [-0.2, 0) is 13.5 Å². The van der Waals surface area contributed by atoms with Crippen molar-refractivity contribution in [2.75, 3.05) is 0 Å². The molecule has 1 aliphatic carbocycles. The Morgan fingerprint density at radius 2 is 2.29 bits per heavy atom. The van der Waals surface area contributed by atoms with E-state index in [1.54, 1.807) is 4.80 Å². The van der Waals surface area contributed by atoms with Crippen LogP contribution in [0.5, 0.6) is 0 Å². The van der Waals surface area contributed by atoms with Crippen LogP contribution in [0.4, 0.5) is 0 Å². The van der Waals surface area contributed by atoms with Gasteiger partial charge in [-0.15, -0.1) is 0 Å². The molecule has 1 saturated carbocycles. The van der Waals surface area contributed by atoms with Gasteiger partial charge in [0.1, 0.15) is 0 Å². The highest BCUT2D eigenvalue weighted by Crippen LogP contribution is 2.31. The van der Waals surface area contributed by atoms with Crippen molar-refractivity contribution >= 4 is 15.9 Å². The Bertz CT molecular complexity index is 297. The quantitative estimate of drug-likeness (QED) is 0.762. The molecule has 78 valence electrons. The van der Waals surface area contributed by atoms with Crippen molar-refractivity contribution in [2.24, 2.45) is 13.0 Å². The van der Waals surface area contributed by atoms with Gasteiger partial charge in [-0.05, 0) is 25.2 Å². The third-order valence-electron chi connectivity index (χ3n) is 2.93. The predicted molar refractivity (Wildman–Crippen MR) is 59.4 cm³/mol. The van der Waals surface area contributed by atoms with Crippen LogP contribution in [0.25, 0.3) is 0 Å². The minimum atomic E-state index is 0.679. The molecule has 0 aromatic carbocycles. The summed E-state index contributed by atoms with van der Waals surface area (Å²) in [6.07, 6.45) is 8.33. The monoisotopic (exact) mass is 257 g/mol. The van der Waals surface area contributed by atoms with E-state index in [9.17, 15) is 0 Å². The lowest BCUT2D eigenvalue weighted by Gasteiger charge is -2.26. The van der Waals surface area contributed by atoms with Crippen LogP contribution in [0.2, 0.25) is 0 Å². The van der Waals surface area contributed by atoms with Crippen molar-refractivity contribution in [1.82, 2.24) is 15.0 Å². The van der Waals surface area contributed by atoms with Gasteiger partial charge in [0.15, 0.2) is 0 Å². The van der Waals surface area contributed by atoms with Gasteiger partial charge in [0, 0.05) is 11.9 Å². The van der Waals surface area contributed by atoms with Crippen molar-refractivity contribution in [3.05, 3.63) is 11.9 Å². The number of rotatable bonds is 2. The molecule has 1 fully saturated rings. The third kappa shape index (κ3) is 2.35. The van der Waals surface area contributed by atoms with Gasteiger partial charge in [-0.3, -0.25) is 0 Å². The molecule has 0 bridgehead atoms. The van der Waals surface area contributed by atoms with E-state index in [0.717, 1.165) is 18.0 Å². The van der Waals surface area contributed by atoms with Gasteiger partial charge < -0.3 is 0 Å². The molecular weight excluding hydrogens is 242 g/mol. The third-order valence-corrected chi connectivity index (χ3v) is 4.14. The van der Waals surface area contributed by atoms with E-state index in [1.165, 1.54) is 25.7 Å². The Kier molecular flexibility index (Phi) is 3.21. The lowest BCUT2D eigenvalue weighted by atomic mass is 9.86. The fourth-order valence-electron chi connectivity index (χ4n) is 2.14. The zero-order valence-electron chi connectivity index (χ0n) is 8.49. The Morgan fingerprint density at radius 3 is 2.93 bits per heavy atom. The molecule has 0 spiro atoms. The fourth-order valence-corrected chi connectivity index (χ4v) is 2.92. The predicted octanol–water partition coefficient (Wildman–Crippen LogP) is 2.31. The Hall–Kier alpha value is -0.380. The van der Waals surface area contributed by atoms with E-state index in [-0.39, 0.29) is 0 Å². The number of aromatic nitrogens is 3. The molecule has 0 aliphatic heterocycles. The molecule has 1 heterocycles. The number of alkyl halides is 1. The number of halogens is 1. The average molecular weight is 258 g/mol. The summed E-state index contributed by atoms with van der Waals surface area (Å²) in [5.74, 6) is 0.750. The Balaban J connectivity index is 1.95. The molecule has 1 aromatic heterocycles. The summed E-state index contributed by atoms with van der Waals surface area (Å²) in [5, 5.41) is 8.42. The molecule has 0 N–H and O–H groups in total. The summed E-state index contributed by atoms with van der Waals surface area (Å²) in [7, 11) is 1.87. The highest BCUT2D eigenvalue weighted by Gasteiger charge is 2.23. The first kappa shape index (κ1) is 10.1. The van der Waals surface area contributed by atoms with E-state index in [4.69, 9.17) is 0 Å². The molecule has 14 heavy (non-hydrogen) atoms. The Labute approximate surface area is 93.0 Å². The smallest absolute Gasteiger partial charge is 0.0830 e. The molecule has 1 aliphatic rings. The van der Waals surface area contributed by atoms with Crippen molar-refractivity contribution in [3.8, 4) is 0 Å². The van der Waals surface area contributed by atoms with Gasteiger partial charge in [-0.25, -0.2) is 0 Å². The lowest BCUT2D eigenvalue weighted by molar-refractivity contribution is 0.370. The van der Waals surface area contributed by atoms with Crippen LogP contribution in [0.3, 0.4) is 0 Å². The summed E-state index contributed by atoms with van der Waals surface area (Å²) in [5.41, 5.74) is 1.13. The molecule has 0 saturated heterocycles. The van der Waals surface area contributed by atoms with Gasteiger partial charge >= 0.3 is 0 Å². The lowest BCUT2D eigenvalue weighted by Crippen LogP contribution is -2.21. The fraction of sp³-hybridized carbons (Fsp3) is 0.800. The van der Waals surface area contributed by atoms with Crippen LogP contribution in [0.1, 0.15) is 31.4 Å². The van der Waals surface area contributed by atoms with Crippen LogP contribution < -0.4 is 0 Å². The maximum Gasteiger partial charge on any atom is 0.0830 e. The normalized spacial score (nSPS) is 27.9. The summed E-state index contributed by atoms with van der Waals surface area (Å²) in [6, 6.07) is 0. The first-order valence-corrected chi connectivity index (χ1v) is 6.16. The largest absolute Gasteiger partial charge is 0.188 e. The van der Waals surface area contributed by atoms with Crippen LogP contribution in [0, 0.1) is 5.92 Å². The molecule has 2 rings (SSSR count). The first-order chi connectivity index (χ1) is 6.75. The van der Waals surface area contributed by atoms with Crippen LogP contribution in [-0.4, -0.2) is 19.8 Å². The molecule has 1 aromatic rings. The second kappa shape index (κ2) is 4.43. The minimum Gasteiger partial charge on any atom is -0.188 e. The summed E-state index contributed by atoms with van der Waals surface area (Å²) in [4.78, 5) is 2.32. The minimum absolute atomic E-state index is 0.679. The number of hydrogen-bond acceptors (Lipinski definition) is 2. The topological polar surface area (TPSA) is 30.7 Å². The van der Waals surface area contributed by atoms with E-state index in [2.05, 4.69) is 26.1 Å². The number of aryl methyl sites for hydroxylation is 1. The first-order valence-electron chi connectivity index (χ1n) is 5.25. The molecule has 0 radical (unpaired) electrons. The summed E-state index contributed by atoms with van der Waals surface area (Å²) >= 11 is 3.76. The highest BCUT2D eigenvalue weighted by molar-refractivity contribution is 9.09. The number of nitrogens with zero attached hydrogens (tertiary/aromatic N) is 3. The maximum absolute atomic E-state index is 4.32. The van der Waals surface area contributed by atoms with Crippen LogP contribution in [0.15, 0.2) is 6.20 Å². The van der Waals surface area contributed by atoms with Crippen molar-refractivity contribution in [2.45, 2.75) is 36.9 Å². The van der Waals surface area contributed by atoms with Crippen molar-refractivity contribution < 1.29 is 0 Å². The van der Waals surface area contributed by atoms with E-state index < -0.39 is 0 Å². The highest BCUT2D eigenvalue weighted by atomic mass is 79.9. The molecule has 2 unspecified atom stereocenters. The van der Waals surface area contributed by atoms with E-state index >= 15 is 0 Å².